The molecule has 2 aromatic heterocycles. The Morgan fingerprint density at radius 1 is 1.16 bits per heavy atom. The monoisotopic (exact) mass is 443 g/mol. The van der Waals surface area contributed by atoms with Crippen molar-refractivity contribution in [2.75, 3.05) is 33.4 Å². The van der Waals surface area contributed by atoms with Crippen LogP contribution in [0.3, 0.4) is 0 Å². The minimum absolute atomic E-state index is 0.0402. The topological polar surface area (TPSA) is 144 Å². The lowest BCUT2D eigenvalue weighted by atomic mass is 10.2. The molecular weight excluding hydrogens is 418 g/mol. The Bertz CT molecular complexity index is 1050. The van der Waals surface area contributed by atoms with E-state index in [9.17, 15) is 9.90 Å². The molecule has 0 aliphatic carbocycles. The minimum Gasteiger partial charge on any atom is -0.507 e. The van der Waals surface area contributed by atoms with E-state index in [1.807, 2.05) is 16.7 Å². The molecule has 2 heterocycles. The Kier molecular flexibility index (Phi) is 7.81. The highest BCUT2D eigenvalue weighted by Crippen LogP contribution is 2.34. The molecule has 0 unspecified atom stereocenters. The van der Waals surface area contributed by atoms with E-state index < -0.39 is 5.97 Å². The van der Waals surface area contributed by atoms with E-state index in [0.717, 1.165) is 12.8 Å². The van der Waals surface area contributed by atoms with Gasteiger partial charge in [0.1, 0.15) is 29.2 Å². The van der Waals surface area contributed by atoms with Crippen molar-refractivity contribution in [1.29, 1.82) is 0 Å². The summed E-state index contributed by atoms with van der Waals surface area (Å²) in [6.07, 6.45) is 3.15. The number of anilines is 1. The van der Waals surface area contributed by atoms with Gasteiger partial charge in [0.05, 0.1) is 20.8 Å². The third-order valence-electron chi connectivity index (χ3n) is 4.55. The predicted octanol–water partition coefficient (Wildman–Crippen LogP) is 2.26. The van der Waals surface area contributed by atoms with E-state index >= 15 is 0 Å². The number of ether oxygens (including phenoxy) is 4. The number of aryl methyl sites for hydroxylation is 1. The summed E-state index contributed by atoms with van der Waals surface area (Å²) < 4.78 is 22.5. The van der Waals surface area contributed by atoms with Gasteiger partial charge in [0.2, 0.25) is 0 Å². The zero-order valence-corrected chi connectivity index (χ0v) is 17.9. The lowest BCUT2D eigenvalue weighted by Gasteiger charge is -2.11. The summed E-state index contributed by atoms with van der Waals surface area (Å²) in [5.41, 5.74) is 6.35. The summed E-state index contributed by atoms with van der Waals surface area (Å²) in [5.74, 6) is 0.669. The first-order valence-corrected chi connectivity index (χ1v) is 9.84. The molecule has 0 saturated carbocycles. The number of nitrogens with zero attached hydrogens (tertiary/aromatic N) is 4. The fraction of sp³-hybridized carbons (Fsp3) is 0.333. The number of carbonyl (C=O) groups excluding carboxylic acids is 1. The van der Waals surface area contributed by atoms with Crippen molar-refractivity contribution in [3.8, 4) is 28.8 Å². The van der Waals surface area contributed by atoms with Gasteiger partial charge in [-0.2, -0.15) is 0 Å². The molecule has 3 N–H and O–H groups in total. The number of rotatable bonds is 11. The summed E-state index contributed by atoms with van der Waals surface area (Å²) in [6, 6.07) is 7.98. The Labute approximate surface area is 184 Å². The molecule has 0 fully saturated rings. The zero-order chi connectivity index (χ0) is 22.9. The highest BCUT2D eigenvalue weighted by molar-refractivity contribution is 5.93. The number of esters is 1. The van der Waals surface area contributed by atoms with Gasteiger partial charge >= 0.3 is 5.97 Å². The average Bonchev–Trinajstić information content (AvgIpc) is 3.26. The fourth-order valence-electron chi connectivity index (χ4n) is 2.94. The average molecular weight is 443 g/mol. The van der Waals surface area contributed by atoms with Crippen LogP contribution in [-0.2, 0) is 16.0 Å². The number of hydrogen-bond donors (Lipinski definition) is 2. The summed E-state index contributed by atoms with van der Waals surface area (Å²) >= 11 is 0. The Balaban J connectivity index is 1.40. The number of benzene rings is 1. The minimum atomic E-state index is -0.729. The van der Waals surface area contributed by atoms with Crippen LogP contribution in [0.5, 0.6) is 17.2 Å². The zero-order valence-electron chi connectivity index (χ0n) is 17.9. The van der Waals surface area contributed by atoms with E-state index in [4.69, 9.17) is 24.7 Å². The number of aromatic hydroxyl groups is 1. The van der Waals surface area contributed by atoms with Crippen LogP contribution in [0, 0.1) is 0 Å². The number of nitrogen functional groups attached to an aromatic ring is 1. The second-order valence-corrected chi connectivity index (χ2v) is 6.68. The molecule has 0 bridgehead atoms. The van der Waals surface area contributed by atoms with Crippen LogP contribution >= 0.6 is 0 Å². The fourth-order valence-corrected chi connectivity index (χ4v) is 2.94. The number of hydrogen-bond acceptors (Lipinski definition) is 10. The second-order valence-electron chi connectivity index (χ2n) is 6.68. The number of pyridine rings is 1. The van der Waals surface area contributed by atoms with E-state index in [1.165, 1.54) is 26.4 Å². The maximum Gasteiger partial charge on any atom is 0.344 e. The van der Waals surface area contributed by atoms with E-state index in [0.29, 0.717) is 42.0 Å². The van der Waals surface area contributed by atoms with Crippen LogP contribution < -0.4 is 15.2 Å². The van der Waals surface area contributed by atoms with Crippen molar-refractivity contribution in [1.82, 2.24) is 19.7 Å². The number of unbranched alkanes of at least 4 members (excludes halogenated alkanes) is 1. The van der Waals surface area contributed by atoms with Gasteiger partial charge < -0.3 is 34.4 Å². The summed E-state index contributed by atoms with van der Waals surface area (Å²) in [5, 5.41) is 18.0. The molecule has 0 saturated heterocycles. The third-order valence-corrected chi connectivity index (χ3v) is 4.55. The highest BCUT2D eigenvalue weighted by atomic mass is 16.7. The van der Waals surface area contributed by atoms with Gasteiger partial charge in [-0.15, -0.1) is 10.2 Å². The van der Waals surface area contributed by atoms with Crippen LogP contribution in [0.1, 0.15) is 23.2 Å². The largest absolute Gasteiger partial charge is 0.507 e. The maximum absolute atomic E-state index is 12.2. The highest BCUT2D eigenvalue weighted by Gasteiger charge is 2.18. The van der Waals surface area contributed by atoms with Crippen molar-refractivity contribution in [3.05, 3.63) is 42.2 Å². The first kappa shape index (κ1) is 22.8. The molecule has 0 atom stereocenters. The molecule has 0 amide bonds. The molecule has 0 radical (unpaired) electrons. The number of nitrogens with two attached hydrogens (primary N) is 1. The van der Waals surface area contributed by atoms with Gasteiger partial charge in [-0.1, -0.05) is 6.07 Å². The molecule has 0 aliphatic rings. The summed E-state index contributed by atoms with van der Waals surface area (Å²) in [4.78, 5) is 16.4. The van der Waals surface area contributed by atoms with Gasteiger partial charge in [0.25, 0.3) is 0 Å². The van der Waals surface area contributed by atoms with Gasteiger partial charge in [0, 0.05) is 18.7 Å². The molecule has 170 valence electrons. The van der Waals surface area contributed by atoms with Crippen LogP contribution in [0.25, 0.3) is 11.5 Å². The molecule has 3 rings (SSSR count). The van der Waals surface area contributed by atoms with Crippen molar-refractivity contribution < 1.29 is 28.8 Å². The maximum atomic E-state index is 12.2. The van der Waals surface area contributed by atoms with Crippen LogP contribution in [0.4, 0.5) is 5.82 Å². The SMILES string of the molecule is COc1cc(O)c(C(=O)OCOCCCCn2cnnc2-c2cccc(N)n2)cc1OC. The van der Waals surface area contributed by atoms with Gasteiger partial charge in [-0.25, -0.2) is 9.78 Å². The number of carbonyl (C=O) groups is 1. The van der Waals surface area contributed by atoms with Crippen molar-refractivity contribution >= 4 is 11.8 Å². The third kappa shape index (κ3) is 5.64. The molecular formula is C21H25N5O6. The first-order chi connectivity index (χ1) is 15.5. The van der Waals surface area contributed by atoms with Gasteiger partial charge in [-0.05, 0) is 25.0 Å². The van der Waals surface area contributed by atoms with Crippen molar-refractivity contribution in [2.24, 2.45) is 0 Å². The standard InChI is InChI=1S/C21H25N5O6/c1-29-17-10-14(16(27)11-18(17)30-2)21(28)32-13-31-9-4-3-8-26-12-23-25-20(26)15-6-5-7-19(22)24-15/h5-7,10-12,27H,3-4,8-9,13H2,1-2H3,(H2,22,24). The Morgan fingerprint density at radius 3 is 2.69 bits per heavy atom. The van der Waals surface area contributed by atoms with Crippen LogP contribution in [-0.4, -0.2) is 58.4 Å². The van der Waals surface area contributed by atoms with E-state index in [2.05, 4.69) is 15.2 Å². The molecule has 3 aromatic rings. The van der Waals surface area contributed by atoms with Crippen LogP contribution in [0.2, 0.25) is 0 Å². The predicted molar refractivity (Wildman–Crippen MR) is 114 cm³/mol. The van der Waals surface area contributed by atoms with E-state index in [1.54, 1.807) is 12.4 Å². The number of aromatic nitrogens is 4. The summed E-state index contributed by atoms with van der Waals surface area (Å²) in [7, 11) is 2.86. The number of phenols is 1. The Hall–Kier alpha value is -3.86. The normalized spacial score (nSPS) is 10.7. The van der Waals surface area contributed by atoms with Gasteiger partial charge in [0.15, 0.2) is 24.1 Å². The molecule has 0 aliphatic heterocycles. The molecule has 1 aromatic carbocycles. The quantitative estimate of drug-likeness (QED) is 0.257. The summed E-state index contributed by atoms with van der Waals surface area (Å²) in [6.45, 7) is 0.818. The van der Waals surface area contributed by atoms with Crippen molar-refractivity contribution in [3.63, 3.8) is 0 Å². The number of phenolic OH excluding ortho intramolecular Hbond substituents is 1. The molecule has 11 nitrogen and oxygen atoms in total. The van der Waals surface area contributed by atoms with Crippen molar-refractivity contribution in [2.45, 2.75) is 19.4 Å². The number of methoxy groups -OCH3 is 2. The lowest BCUT2D eigenvalue weighted by Crippen LogP contribution is -2.10. The second kappa shape index (κ2) is 11.0. The van der Waals surface area contributed by atoms with Gasteiger partial charge in [-0.3, -0.25) is 0 Å². The molecule has 0 spiro atoms. The molecule has 32 heavy (non-hydrogen) atoms. The van der Waals surface area contributed by atoms with E-state index in [-0.39, 0.29) is 18.1 Å². The Morgan fingerprint density at radius 2 is 1.94 bits per heavy atom. The van der Waals surface area contributed by atoms with Crippen LogP contribution in [0.15, 0.2) is 36.7 Å². The lowest BCUT2D eigenvalue weighted by molar-refractivity contribution is -0.0325. The first-order valence-electron chi connectivity index (χ1n) is 9.84. The smallest absolute Gasteiger partial charge is 0.344 e. The molecule has 11 heteroatoms.